The van der Waals surface area contributed by atoms with E-state index in [1.165, 1.54) is 12.1 Å². The van der Waals surface area contributed by atoms with Crippen molar-refractivity contribution >= 4 is 32.4 Å². The summed E-state index contributed by atoms with van der Waals surface area (Å²) in [6.45, 7) is 1.26. The van der Waals surface area contributed by atoms with Gasteiger partial charge in [0.15, 0.2) is 27.5 Å². The summed E-state index contributed by atoms with van der Waals surface area (Å²) in [7, 11) is -3.57. The van der Waals surface area contributed by atoms with Gasteiger partial charge >= 0.3 is 6.18 Å². The van der Waals surface area contributed by atoms with Crippen LogP contribution in [0.1, 0.15) is 25.1 Å². The minimum Gasteiger partial charge on any atom is -0.477 e. The van der Waals surface area contributed by atoms with Crippen molar-refractivity contribution in [3.05, 3.63) is 29.8 Å². The smallest absolute Gasteiger partial charge is 0.452 e. The van der Waals surface area contributed by atoms with E-state index < -0.39 is 33.8 Å². The van der Waals surface area contributed by atoms with Gasteiger partial charge in [0.2, 0.25) is 11.0 Å². The number of alkyl halides is 3. The SMILES string of the molecule is CS(=O)(=O)c1ccc(OC2CCN(C3CCN(c4nc(C(F)(F)F)ns4)CC3)C2=O)c(F)c1. The van der Waals surface area contributed by atoms with E-state index in [-0.39, 0.29) is 27.7 Å². The van der Waals surface area contributed by atoms with Gasteiger partial charge in [-0.3, -0.25) is 4.79 Å². The molecular weight excluding hydrogens is 488 g/mol. The molecule has 180 valence electrons. The molecule has 0 spiro atoms. The molecule has 1 amide bonds. The predicted molar refractivity (Wildman–Crippen MR) is 110 cm³/mol. The first kappa shape index (κ1) is 23.7. The first-order valence-corrected chi connectivity index (χ1v) is 12.7. The highest BCUT2D eigenvalue weighted by atomic mass is 32.2. The zero-order valence-corrected chi connectivity index (χ0v) is 19.0. The summed E-state index contributed by atoms with van der Waals surface area (Å²) >= 11 is 0.693. The van der Waals surface area contributed by atoms with Crippen molar-refractivity contribution in [1.29, 1.82) is 0 Å². The maximum absolute atomic E-state index is 14.3. The lowest BCUT2D eigenvalue weighted by Crippen LogP contribution is -2.47. The van der Waals surface area contributed by atoms with Crippen molar-refractivity contribution in [1.82, 2.24) is 14.3 Å². The summed E-state index contributed by atoms with van der Waals surface area (Å²) in [6, 6.07) is 3.15. The third-order valence-electron chi connectivity index (χ3n) is 5.64. The maximum atomic E-state index is 14.3. The van der Waals surface area contributed by atoms with Crippen LogP contribution in [-0.4, -0.2) is 66.6 Å². The van der Waals surface area contributed by atoms with Crippen LogP contribution in [0.15, 0.2) is 23.1 Å². The van der Waals surface area contributed by atoms with Gasteiger partial charge < -0.3 is 14.5 Å². The number of carbonyl (C=O) groups excluding carboxylic acids is 1. The fourth-order valence-electron chi connectivity index (χ4n) is 3.94. The number of sulfone groups is 1. The van der Waals surface area contributed by atoms with Crippen LogP contribution in [0.5, 0.6) is 5.75 Å². The number of ether oxygens (including phenoxy) is 1. The molecule has 1 aromatic heterocycles. The number of rotatable bonds is 5. The molecule has 2 aromatic rings. The van der Waals surface area contributed by atoms with Gasteiger partial charge in [-0.2, -0.15) is 22.5 Å². The van der Waals surface area contributed by atoms with Gasteiger partial charge in [0.1, 0.15) is 0 Å². The van der Waals surface area contributed by atoms with E-state index in [0.29, 0.717) is 50.4 Å². The minimum absolute atomic E-state index is 0.116. The molecule has 0 aliphatic carbocycles. The number of nitrogens with zero attached hydrogens (tertiary/aromatic N) is 4. The van der Waals surface area contributed by atoms with Gasteiger partial charge in [0.05, 0.1) is 4.90 Å². The highest BCUT2D eigenvalue weighted by molar-refractivity contribution is 7.90. The van der Waals surface area contributed by atoms with E-state index >= 15 is 0 Å². The zero-order valence-electron chi connectivity index (χ0n) is 17.4. The molecule has 0 bridgehead atoms. The Balaban J connectivity index is 1.35. The normalized spacial score (nSPS) is 20.5. The Labute approximate surface area is 191 Å². The summed E-state index contributed by atoms with van der Waals surface area (Å²) in [6.07, 6.45) is -3.09. The highest BCUT2D eigenvalue weighted by Gasteiger charge is 2.40. The summed E-state index contributed by atoms with van der Waals surface area (Å²) < 4.78 is 84.5. The fourth-order valence-corrected chi connectivity index (χ4v) is 5.31. The summed E-state index contributed by atoms with van der Waals surface area (Å²) in [5.41, 5.74) is 0. The molecule has 4 rings (SSSR count). The van der Waals surface area contributed by atoms with Crippen molar-refractivity contribution in [3.63, 3.8) is 0 Å². The van der Waals surface area contributed by atoms with Crippen LogP contribution >= 0.6 is 11.5 Å². The Morgan fingerprint density at radius 3 is 2.42 bits per heavy atom. The first-order valence-electron chi connectivity index (χ1n) is 10.1. The van der Waals surface area contributed by atoms with E-state index in [0.717, 1.165) is 12.3 Å². The van der Waals surface area contributed by atoms with Crippen LogP contribution < -0.4 is 9.64 Å². The second kappa shape index (κ2) is 8.70. The molecule has 0 radical (unpaired) electrons. The van der Waals surface area contributed by atoms with Crippen LogP contribution in [-0.2, 0) is 20.8 Å². The lowest BCUT2D eigenvalue weighted by Gasteiger charge is -2.36. The van der Waals surface area contributed by atoms with Crippen LogP contribution in [0.4, 0.5) is 22.7 Å². The quantitative estimate of drug-likeness (QED) is 0.574. The van der Waals surface area contributed by atoms with Gasteiger partial charge in [0, 0.05) is 49.9 Å². The fraction of sp³-hybridized carbons (Fsp3) is 0.526. The Bertz CT molecular complexity index is 1150. The molecule has 2 saturated heterocycles. The number of halogens is 4. The molecule has 1 unspecified atom stereocenters. The lowest BCUT2D eigenvalue weighted by molar-refractivity contribution is -0.144. The predicted octanol–water partition coefficient (Wildman–Crippen LogP) is 2.75. The van der Waals surface area contributed by atoms with Crippen LogP contribution in [0.2, 0.25) is 0 Å². The number of piperidine rings is 1. The second-order valence-electron chi connectivity index (χ2n) is 7.91. The van der Waals surface area contributed by atoms with E-state index in [9.17, 15) is 30.8 Å². The number of hydrogen-bond acceptors (Lipinski definition) is 8. The van der Waals surface area contributed by atoms with E-state index in [2.05, 4.69) is 9.36 Å². The molecule has 14 heteroatoms. The molecule has 0 N–H and O–H groups in total. The molecule has 8 nitrogen and oxygen atoms in total. The van der Waals surface area contributed by atoms with Gasteiger partial charge in [-0.25, -0.2) is 12.8 Å². The van der Waals surface area contributed by atoms with E-state index in [1.54, 1.807) is 9.80 Å². The molecule has 2 aliphatic heterocycles. The highest BCUT2D eigenvalue weighted by Crippen LogP contribution is 2.33. The lowest BCUT2D eigenvalue weighted by atomic mass is 10.0. The Kier molecular flexibility index (Phi) is 6.24. The molecule has 1 aromatic carbocycles. The Hall–Kier alpha value is -2.48. The standard InChI is InChI=1S/C19H20F4N4O4S2/c1-33(29,30)12-2-3-14(13(20)10-12)31-15-6-9-27(16(15)28)11-4-7-26(8-5-11)18-24-17(25-32-18)19(21,22)23/h2-3,10-11,15H,4-9H2,1H3. The van der Waals surface area contributed by atoms with Gasteiger partial charge in [-0.05, 0) is 31.0 Å². The van der Waals surface area contributed by atoms with Crippen LogP contribution in [0.3, 0.4) is 0 Å². The Morgan fingerprint density at radius 2 is 1.85 bits per heavy atom. The Morgan fingerprint density at radius 1 is 1.15 bits per heavy atom. The topological polar surface area (TPSA) is 92.7 Å². The molecule has 1 atom stereocenters. The second-order valence-corrected chi connectivity index (χ2v) is 10.7. The number of hydrogen-bond donors (Lipinski definition) is 0. The number of aromatic nitrogens is 2. The van der Waals surface area contributed by atoms with Crippen molar-refractivity contribution < 1.29 is 35.5 Å². The van der Waals surface area contributed by atoms with E-state index in [4.69, 9.17) is 4.74 Å². The van der Waals surface area contributed by atoms with Crippen LogP contribution in [0, 0.1) is 5.82 Å². The van der Waals surface area contributed by atoms with Gasteiger partial charge in [-0.15, -0.1) is 0 Å². The molecule has 0 saturated carbocycles. The van der Waals surface area contributed by atoms with Crippen molar-refractivity contribution in [3.8, 4) is 5.75 Å². The van der Waals surface area contributed by atoms with E-state index in [1.807, 2.05) is 0 Å². The van der Waals surface area contributed by atoms with Crippen LogP contribution in [0.25, 0.3) is 0 Å². The van der Waals surface area contributed by atoms with Gasteiger partial charge in [0.25, 0.3) is 5.91 Å². The molecule has 2 aliphatic rings. The molecule has 3 heterocycles. The number of benzene rings is 1. The molecule has 2 fully saturated rings. The van der Waals surface area contributed by atoms with Crippen molar-refractivity contribution in [2.75, 3.05) is 30.8 Å². The summed E-state index contributed by atoms with van der Waals surface area (Å²) in [4.78, 5) is 19.6. The average Bonchev–Trinajstić information content (AvgIpc) is 3.37. The maximum Gasteiger partial charge on any atom is 0.452 e. The first-order chi connectivity index (χ1) is 15.4. The van der Waals surface area contributed by atoms with Gasteiger partial charge in [-0.1, -0.05) is 0 Å². The largest absolute Gasteiger partial charge is 0.477 e. The molecule has 33 heavy (non-hydrogen) atoms. The van der Waals surface area contributed by atoms with Crippen molar-refractivity contribution in [2.24, 2.45) is 0 Å². The minimum atomic E-state index is -4.59. The molecular formula is C19H20F4N4O4S2. The monoisotopic (exact) mass is 508 g/mol. The third kappa shape index (κ3) is 5.05. The zero-order chi connectivity index (χ0) is 24.0. The third-order valence-corrected chi connectivity index (χ3v) is 7.52. The number of likely N-dealkylation sites (tertiary alicyclic amines) is 1. The number of anilines is 1. The average molecular weight is 509 g/mol. The summed E-state index contributed by atoms with van der Waals surface area (Å²) in [5, 5.41) is 0.197. The number of carbonyl (C=O) groups is 1. The van der Waals surface area contributed by atoms with Crippen molar-refractivity contribution in [2.45, 2.75) is 42.5 Å². The number of amides is 1. The summed E-state index contributed by atoms with van der Waals surface area (Å²) in [5.74, 6) is -2.52.